The van der Waals surface area contributed by atoms with Crippen LogP contribution in [0.5, 0.6) is 0 Å². The van der Waals surface area contributed by atoms with Crippen molar-refractivity contribution in [3.8, 4) is 0 Å². The first-order valence-corrected chi connectivity index (χ1v) is 8.24. The van der Waals surface area contributed by atoms with E-state index in [-0.39, 0.29) is 12.3 Å². The Hall–Kier alpha value is -3.87. The fraction of sp³-hybridized carbons (Fsp3) is 0.0500. The summed E-state index contributed by atoms with van der Waals surface area (Å²) in [5.74, 6) is -0.605. The minimum atomic E-state index is -0.605. The lowest BCUT2D eigenvalue weighted by Gasteiger charge is -2.04. The number of hydrogen-bond donors (Lipinski definition) is 0. The van der Waals surface area contributed by atoms with Gasteiger partial charge in [-0.2, -0.15) is 4.68 Å². The van der Waals surface area contributed by atoms with Crippen molar-refractivity contribution in [1.82, 2.24) is 20.0 Å². The van der Waals surface area contributed by atoms with Crippen LogP contribution in [0.3, 0.4) is 0 Å². The molecule has 0 aliphatic carbocycles. The molecule has 0 spiro atoms. The van der Waals surface area contributed by atoms with Crippen LogP contribution in [0.15, 0.2) is 71.5 Å². The second-order valence-electron chi connectivity index (χ2n) is 5.77. The van der Waals surface area contributed by atoms with E-state index in [0.717, 1.165) is 15.6 Å². The third-order valence-electron chi connectivity index (χ3n) is 3.97. The summed E-state index contributed by atoms with van der Waals surface area (Å²) >= 11 is 0. The van der Waals surface area contributed by atoms with Crippen molar-refractivity contribution in [3.05, 3.63) is 82.8 Å². The van der Waals surface area contributed by atoms with E-state index in [9.17, 15) is 9.59 Å². The van der Waals surface area contributed by atoms with Gasteiger partial charge >= 0.3 is 5.97 Å². The zero-order valence-corrected chi connectivity index (χ0v) is 14.1. The van der Waals surface area contributed by atoms with Crippen LogP contribution in [-0.2, 0) is 16.3 Å². The normalized spacial score (nSPS) is 11.3. The number of ether oxygens (including phenoxy) is 1. The summed E-state index contributed by atoms with van der Waals surface area (Å²) < 4.78 is 6.08. The molecule has 0 saturated carbocycles. The van der Waals surface area contributed by atoms with Gasteiger partial charge in [0.1, 0.15) is 5.52 Å². The highest BCUT2D eigenvalue weighted by atomic mass is 16.5. The molecule has 0 aliphatic rings. The summed E-state index contributed by atoms with van der Waals surface area (Å²) in [6.07, 6.45) is 2.82. The number of fused-ring (bicyclic) bond motifs is 2. The summed E-state index contributed by atoms with van der Waals surface area (Å²) in [5, 5.41) is 9.14. The molecular weight excluding hydrogens is 344 g/mol. The van der Waals surface area contributed by atoms with Crippen molar-refractivity contribution < 1.29 is 9.53 Å². The lowest BCUT2D eigenvalue weighted by Crippen LogP contribution is -2.26. The molecule has 27 heavy (non-hydrogen) atoms. The van der Waals surface area contributed by atoms with Crippen LogP contribution >= 0.6 is 0 Å². The Labute approximate surface area is 153 Å². The molecule has 132 valence electrons. The van der Waals surface area contributed by atoms with Gasteiger partial charge in [0.2, 0.25) is 0 Å². The zero-order chi connectivity index (χ0) is 18.6. The summed E-state index contributed by atoms with van der Waals surface area (Å²) in [7, 11) is 0. The van der Waals surface area contributed by atoms with Crippen LogP contribution in [0.2, 0.25) is 0 Å². The first kappa shape index (κ1) is 16.6. The number of para-hydroxylation sites is 1. The third kappa shape index (κ3) is 3.57. The molecule has 4 rings (SSSR count). The summed E-state index contributed by atoms with van der Waals surface area (Å²) in [6.45, 7) is -0.314. The van der Waals surface area contributed by atoms with Crippen LogP contribution < -0.4 is 5.56 Å². The van der Waals surface area contributed by atoms with Crippen molar-refractivity contribution in [2.75, 3.05) is 0 Å². The van der Waals surface area contributed by atoms with E-state index < -0.39 is 5.97 Å². The molecule has 0 unspecified atom stereocenters. The van der Waals surface area contributed by atoms with Crippen molar-refractivity contribution >= 4 is 33.9 Å². The third-order valence-corrected chi connectivity index (χ3v) is 3.97. The average Bonchev–Trinajstić information content (AvgIpc) is 2.72. The maximum Gasteiger partial charge on any atom is 0.332 e. The molecule has 7 heteroatoms. The molecular formula is C20H14N4O3. The maximum absolute atomic E-state index is 12.3. The Morgan fingerprint density at radius 2 is 1.78 bits per heavy atom. The molecule has 0 saturated heterocycles. The first-order valence-electron chi connectivity index (χ1n) is 8.24. The number of rotatable bonds is 4. The molecule has 0 fully saturated rings. The fourth-order valence-corrected chi connectivity index (χ4v) is 2.61. The van der Waals surface area contributed by atoms with Crippen LogP contribution in [0.4, 0.5) is 0 Å². The standard InChI is InChI=1S/C20H14N4O3/c25-19(12-11-15-10-9-14-5-1-3-7-17(14)21-15)27-13-24-20(26)16-6-2-4-8-18(16)22-23-24/h1-12H,13H2. The topological polar surface area (TPSA) is 87.0 Å². The number of carbonyl (C=O) groups is 1. The number of pyridine rings is 1. The summed E-state index contributed by atoms with van der Waals surface area (Å²) in [4.78, 5) is 28.7. The minimum Gasteiger partial charge on any atom is -0.439 e. The molecule has 0 radical (unpaired) electrons. The van der Waals surface area contributed by atoms with Crippen LogP contribution in [0, 0.1) is 0 Å². The molecule has 2 aromatic carbocycles. The monoisotopic (exact) mass is 358 g/mol. The molecule has 2 aromatic heterocycles. The van der Waals surface area contributed by atoms with E-state index in [1.165, 1.54) is 6.08 Å². The van der Waals surface area contributed by atoms with E-state index >= 15 is 0 Å². The Kier molecular flexibility index (Phi) is 4.40. The Morgan fingerprint density at radius 1 is 1.00 bits per heavy atom. The lowest BCUT2D eigenvalue weighted by molar-refractivity contribution is -0.141. The van der Waals surface area contributed by atoms with Gasteiger partial charge in [-0.15, -0.1) is 5.10 Å². The van der Waals surface area contributed by atoms with Crippen molar-refractivity contribution in [2.24, 2.45) is 0 Å². The van der Waals surface area contributed by atoms with Gasteiger partial charge in [-0.25, -0.2) is 9.78 Å². The van der Waals surface area contributed by atoms with Gasteiger partial charge in [-0.05, 0) is 30.3 Å². The van der Waals surface area contributed by atoms with Gasteiger partial charge in [0, 0.05) is 11.5 Å². The molecule has 2 heterocycles. The smallest absolute Gasteiger partial charge is 0.332 e. The fourth-order valence-electron chi connectivity index (χ4n) is 2.61. The Bertz CT molecular complexity index is 1230. The highest BCUT2D eigenvalue weighted by molar-refractivity contribution is 5.87. The average molecular weight is 358 g/mol. The number of benzene rings is 2. The SMILES string of the molecule is O=C(C=Cc1ccc2ccccc2n1)OCn1nnc2ccccc2c1=O. The van der Waals surface area contributed by atoms with Gasteiger partial charge in [0.05, 0.1) is 16.6 Å². The predicted octanol–water partition coefficient (Wildman–Crippen LogP) is 2.55. The molecule has 7 nitrogen and oxygen atoms in total. The molecule has 0 atom stereocenters. The van der Waals surface area contributed by atoms with Gasteiger partial charge in [-0.1, -0.05) is 41.6 Å². The second kappa shape index (κ2) is 7.17. The maximum atomic E-state index is 12.3. The van der Waals surface area contributed by atoms with E-state index in [1.54, 1.807) is 30.3 Å². The summed E-state index contributed by atoms with van der Waals surface area (Å²) in [6, 6.07) is 18.3. The van der Waals surface area contributed by atoms with Gasteiger partial charge in [0.25, 0.3) is 5.56 Å². The van der Waals surface area contributed by atoms with E-state index in [1.807, 2.05) is 36.4 Å². The first-order chi connectivity index (χ1) is 13.2. The van der Waals surface area contributed by atoms with E-state index in [4.69, 9.17) is 4.74 Å². The van der Waals surface area contributed by atoms with Crippen LogP contribution in [0.25, 0.3) is 27.9 Å². The van der Waals surface area contributed by atoms with Gasteiger partial charge in [0.15, 0.2) is 6.73 Å². The number of aromatic nitrogens is 4. The van der Waals surface area contributed by atoms with Gasteiger partial charge in [-0.3, -0.25) is 4.79 Å². The van der Waals surface area contributed by atoms with Gasteiger partial charge < -0.3 is 4.74 Å². The Morgan fingerprint density at radius 3 is 2.67 bits per heavy atom. The second-order valence-corrected chi connectivity index (χ2v) is 5.77. The predicted molar refractivity (Wildman–Crippen MR) is 101 cm³/mol. The molecule has 0 N–H and O–H groups in total. The van der Waals surface area contributed by atoms with Crippen molar-refractivity contribution in [2.45, 2.75) is 6.73 Å². The zero-order valence-electron chi connectivity index (χ0n) is 14.1. The molecule has 0 aliphatic heterocycles. The lowest BCUT2D eigenvalue weighted by atomic mass is 10.2. The molecule has 4 aromatic rings. The van der Waals surface area contributed by atoms with E-state index in [0.29, 0.717) is 16.6 Å². The van der Waals surface area contributed by atoms with Crippen molar-refractivity contribution in [3.63, 3.8) is 0 Å². The highest BCUT2D eigenvalue weighted by Crippen LogP contribution is 2.12. The van der Waals surface area contributed by atoms with Crippen LogP contribution in [-0.4, -0.2) is 25.9 Å². The largest absolute Gasteiger partial charge is 0.439 e. The number of nitrogens with zero attached hydrogens (tertiary/aromatic N) is 4. The molecule has 0 amide bonds. The number of esters is 1. The number of hydrogen-bond acceptors (Lipinski definition) is 6. The van der Waals surface area contributed by atoms with Crippen LogP contribution in [0.1, 0.15) is 5.69 Å². The summed E-state index contributed by atoms with van der Waals surface area (Å²) in [5.41, 5.74) is 1.60. The minimum absolute atomic E-state index is 0.314. The van der Waals surface area contributed by atoms with Crippen molar-refractivity contribution in [1.29, 1.82) is 0 Å². The number of carbonyl (C=O) groups excluding carboxylic acids is 1. The highest BCUT2D eigenvalue weighted by Gasteiger charge is 2.06. The Balaban J connectivity index is 1.45. The van der Waals surface area contributed by atoms with E-state index in [2.05, 4.69) is 15.3 Å². The quantitative estimate of drug-likeness (QED) is 0.412. The molecule has 0 bridgehead atoms.